The summed E-state index contributed by atoms with van der Waals surface area (Å²) in [5.41, 5.74) is 0. The zero-order valence-electron chi connectivity index (χ0n) is 10.7. The fraction of sp³-hybridized carbons (Fsp3) is 0.923. The number of alkyl halides is 1. The molecule has 0 bridgehead atoms. The lowest BCUT2D eigenvalue weighted by Gasteiger charge is -2.03. The molecule has 0 atom stereocenters. The molecule has 102 valence electrons. The number of halogens is 1. The maximum absolute atomic E-state index is 5.63. The van der Waals surface area contributed by atoms with Gasteiger partial charge < -0.3 is 5.32 Å². The van der Waals surface area contributed by atoms with E-state index >= 15 is 0 Å². The van der Waals surface area contributed by atoms with Crippen LogP contribution in [0.15, 0.2) is 0 Å². The van der Waals surface area contributed by atoms with Crippen molar-refractivity contribution >= 4 is 40.8 Å². The Kier molecular flexibility index (Phi) is 15.0. The van der Waals surface area contributed by atoms with E-state index in [4.69, 9.17) is 23.8 Å². The van der Waals surface area contributed by atoms with Crippen LogP contribution in [0, 0.1) is 0 Å². The Morgan fingerprint density at radius 2 is 1.24 bits per heavy atom. The number of thiol groups is 1. The van der Waals surface area contributed by atoms with Crippen LogP contribution in [-0.4, -0.2) is 16.7 Å². The first-order chi connectivity index (χ1) is 8.27. The van der Waals surface area contributed by atoms with Crippen molar-refractivity contribution in [1.82, 2.24) is 5.32 Å². The maximum Gasteiger partial charge on any atom is 0.130 e. The van der Waals surface area contributed by atoms with Gasteiger partial charge in [-0.1, -0.05) is 63.6 Å². The highest BCUT2D eigenvalue weighted by atomic mass is 35.5. The molecule has 0 unspecified atom stereocenters. The van der Waals surface area contributed by atoms with Gasteiger partial charge in [0.15, 0.2) is 0 Å². The summed E-state index contributed by atoms with van der Waals surface area (Å²) < 4.78 is 0.613. The summed E-state index contributed by atoms with van der Waals surface area (Å²) in [5, 5.41) is 3.06. The highest BCUT2D eigenvalue weighted by Gasteiger charge is 1.93. The van der Waals surface area contributed by atoms with E-state index in [1.165, 1.54) is 64.2 Å². The molecular weight excluding hydrogens is 270 g/mol. The second-order valence-corrected chi connectivity index (χ2v) is 5.99. The molecule has 4 heteroatoms. The summed E-state index contributed by atoms with van der Waals surface area (Å²) in [7, 11) is 0. The Bertz CT molecular complexity index is 177. The maximum atomic E-state index is 5.63. The van der Waals surface area contributed by atoms with Crippen molar-refractivity contribution in [3.8, 4) is 0 Å². The lowest BCUT2D eigenvalue weighted by atomic mass is 10.1. The van der Waals surface area contributed by atoms with Crippen molar-refractivity contribution in [2.75, 3.05) is 12.4 Å². The van der Waals surface area contributed by atoms with Crippen molar-refractivity contribution in [2.24, 2.45) is 0 Å². The second-order valence-electron chi connectivity index (χ2n) is 4.46. The fourth-order valence-corrected chi connectivity index (χ4v) is 2.23. The fourth-order valence-electron chi connectivity index (χ4n) is 1.83. The Morgan fingerprint density at radius 1 is 0.824 bits per heavy atom. The summed E-state index contributed by atoms with van der Waals surface area (Å²) in [4.78, 5) is 0. The minimum absolute atomic E-state index is 0.613. The molecule has 0 rings (SSSR count). The van der Waals surface area contributed by atoms with Gasteiger partial charge in [-0.15, -0.1) is 24.2 Å². The van der Waals surface area contributed by atoms with Crippen LogP contribution in [0.25, 0.3) is 0 Å². The minimum Gasteiger partial charge on any atom is -0.371 e. The van der Waals surface area contributed by atoms with E-state index in [1.807, 2.05) is 0 Å². The molecule has 0 heterocycles. The number of nitrogens with one attached hydrogen (secondary N) is 1. The number of rotatable bonds is 12. The monoisotopic (exact) mass is 295 g/mol. The molecule has 0 spiro atoms. The average Bonchev–Trinajstić information content (AvgIpc) is 2.30. The third-order valence-corrected chi connectivity index (χ3v) is 3.41. The summed E-state index contributed by atoms with van der Waals surface area (Å²) in [6.07, 6.45) is 13.2. The van der Waals surface area contributed by atoms with Gasteiger partial charge in [0.1, 0.15) is 4.32 Å². The van der Waals surface area contributed by atoms with Crippen LogP contribution in [0.5, 0.6) is 0 Å². The Labute approximate surface area is 122 Å². The summed E-state index contributed by atoms with van der Waals surface area (Å²) in [6, 6.07) is 0. The topological polar surface area (TPSA) is 12.0 Å². The van der Waals surface area contributed by atoms with Crippen LogP contribution in [0.3, 0.4) is 0 Å². The predicted molar refractivity (Wildman–Crippen MR) is 86.5 cm³/mol. The number of thiocarbonyl (C=S) groups is 1. The lowest BCUT2D eigenvalue weighted by molar-refractivity contribution is 0.556. The van der Waals surface area contributed by atoms with Crippen LogP contribution >= 0.6 is 36.4 Å². The molecule has 0 aliphatic rings. The highest BCUT2D eigenvalue weighted by Crippen LogP contribution is 2.10. The minimum atomic E-state index is 0.613. The SMILES string of the molecule is S=C(S)NCCCCCCCCCCCCCl. The van der Waals surface area contributed by atoms with Crippen LogP contribution < -0.4 is 5.32 Å². The van der Waals surface area contributed by atoms with Crippen LogP contribution in [0.2, 0.25) is 0 Å². The molecule has 0 aromatic rings. The molecule has 0 aliphatic heterocycles. The highest BCUT2D eigenvalue weighted by molar-refractivity contribution is 8.11. The zero-order chi connectivity index (χ0) is 12.8. The van der Waals surface area contributed by atoms with E-state index in [0.717, 1.165) is 12.4 Å². The zero-order valence-corrected chi connectivity index (χ0v) is 13.2. The molecule has 17 heavy (non-hydrogen) atoms. The van der Waals surface area contributed by atoms with Gasteiger partial charge in [-0.2, -0.15) is 0 Å². The van der Waals surface area contributed by atoms with Crippen molar-refractivity contribution in [1.29, 1.82) is 0 Å². The first kappa shape index (κ1) is 17.5. The van der Waals surface area contributed by atoms with Crippen LogP contribution in [0.4, 0.5) is 0 Å². The van der Waals surface area contributed by atoms with E-state index in [9.17, 15) is 0 Å². The number of hydrogen-bond acceptors (Lipinski definition) is 1. The van der Waals surface area contributed by atoms with E-state index in [1.54, 1.807) is 0 Å². The second kappa shape index (κ2) is 14.6. The Morgan fingerprint density at radius 3 is 1.65 bits per heavy atom. The summed E-state index contributed by atoms with van der Waals surface area (Å²) in [6.45, 7) is 0.973. The molecule has 0 aromatic carbocycles. The van der Waals surface area contributed by atoms with Crippen molar-refractivity contribution in [2.45, 2.75) is 64.2 Å². The van der Waals surface area contributed by atoms with Crippen LogP contribution in [-0.2, 0) is 0 Å². The van der Waals surface area contributed by atoms with Gasteiger partial charge in [0.25, 0.3) is 0 Å². The quantitative estimate of drug-likeness (QED) is 0.229. The molecular formula is C13H26ClNS2. The molecule has 0 saturated carbocycles. The van der Waals surface area contributed by atoms with Gasteiger partial charge in [-0.3, -0.25) is 0 Å². The molecule has 0 amide bonds. The van der Waals surface area contributed by atoms with E-state index in [-0.39, 0.29) is 0 Å². The summed E-state index contributed by atoms with van der Waals surface area (Å²) >= 11 is 14.5. The van der Waals surface area contributed by atoms with Crippen molar-refractivity contribution in [3.63, 3.8) is 0 Å². The van der Waals surface area contributed by atoms with E-state index in [2.05, 4.69) is 17.9 Å². The number of hydrogen-bond donors (Lipinski definition) is 2. The molecule has 0 saturated heterocycles. The third-order valence-electron chi connectivity index (χ3n) is 2.84. The van der Waals surface area contributed by atoms with Crippen LogP contribution in [0.1, 0.15) is 64.2 Å². The largest absolute Gasteiger partial charge is 0.371 e. The molecule has 0 fully saturated rings. The van der Waals surface area contributed by atoms with Crippen molar-refractivity contribution in [3.05, 3.63) is 0 Å². The first-order valence-electron chi connectivity index (χ1n) is 6.80. The predicted octanol–water partition coefficient (Wildman–Crippen LogP) is 4.93. The number of unbranched alkanes of at least 4 members (excludes halogenated alkanes) is 9. The molecule has 0 radical (unpaired) electrons. The van der Waals surface area contributed by atoms with Gasteiger partial charge in [-0.05, 0) is 12.8 Å². The van der Waals surface area contributed by atoms with Crippen molar-refractivity contribution < 1.29 is 0 Å². The van der Waals surface area contributed by atoms with Gasteiger partial charge >= 0.3 is 0 Å². The molecule has 0 aliphatic carbocycles. The molecule has 1 nitrogen and oxygen atoms in total. The third kappa shape index (κ3) is 16.5. The van der Waals surface area contributed by atoms with E-state index < -0.39 is 0 Å². The average molecular weight is 296 g/mol. The standard InChI is InChI=1S/C13H26ClNS2/c14-11-9-7-5-3-1-2-4-6-8-10-12-15-13(16)17/h1-12H2,(H2,15,16,17). The van der Waals surface area contributed by atoms with Gasteiger partial charge in [-0.25, -0.2) is 0 Å². The van der Waals surface area contributed by atoms with E-state index in [0.29, 0.717) is 4.32 Å². The normalized spacial score (nSPS) is 10.5. The Balaban J connectivity index is 2.91. The Hall–Kier alpha value is 0.530. The van der Waals surface area contributed by atoms with Gasteiger partial charge in [0.05, 0.1) is 0 Å². The summed E-state index contributed by atoms with van der Waals surface area (Å²) in [5.74, 6) is 0.823. The lowest BCUT2D eigenvalue weighted by Crippen LogP contribution is -2.17. The molecule has 1 N–H and O–H groups in total. The smallest absolute Gasteiger partial charge is 0.130 e. The van der Waals surface area contributed by atoms with Gasteiger partial charge in [0.2, 0.25) is 0 Å². The van der Waals surface area contributed by atoms with Gasteiger partial charge in [0, 0.05) is 12.4 Å². The molecule has 0 aromatic heterocycles. The first-order valence-corrected chi connectivity index (χ1v) is 8.19.